The molecule has 0 bridgehead atoms. The van der Waals surface area contributed by atoms with Gasteiger partial charge in [-0.15, -0.1) is 0 Å². The molecule has 156 valence electrons. The van der Waals surface area contributed by atoms with Crippen molar-refractivity contribution in [3.05, 3.63) is 66.0 Å². The number of aromatic nitrogens is 2. The van der Waals surface area contributed by atoms with Crippen LogP contribution in [0, 0.1) is 6.92 Å². The first-order chi connectivity index (χ1) is 14.6. The zero-order valence-electron chi connectivity index (χ0n) is 17.6. The van der Waals surface area contributed by atoms with Gasteiger partial charge in [0, 0.05) is 47.3 Å². The van der Waals surface area contributed by atoms with E-state index in [1.165, 1.54) is 22.0 Å². The minimum Gasteiger partial charge on any atom is -0.472 e. The maximum Gasteiger partial charge on any atom is 0.178 e. The topological polar surface area (TPSA) is 64.3 Å². The predicted molar refractivity (Wildman–Crippen MR) is 121 cm³/mol. The minimum absolute atomic E-state index is 0.350. The van der Waals surface area contributed by atoms with Gasteiger partial charge < -0.3 is 19.8 Å². The van der Waals surface area contributed by atoms with Gasteiger partial charge in [0.05, 0.1) is 0 Å². The summed E-state index contributed by atoms with van der Waals surface area (Å²) >= 11 is 0. The number of aryl methyl sites for hydroxylation is 1. The summed E-state index contributed by atoms with van der Waals surface area (Å²) in [5.74, 6) is 1.34. The molecule has 1 aliphatic rings. The summed E-state index contributed by atoms with van der Waals surface area (Å²) in [5, 5.41) is 12.9. The van der Waals surface area contributed by atoms with Crippen molar-refractivity contribution in [2.75, 3.05) is 13.1 Å². The van der Waals surface area contributed by atoms with Gasteiger partial charge in [0.25, 0.3) is 0 Å². The molecule has 3 heterocycles. The molecule has 1 fully saturated rings. The molecule has 3 N–H and O–H groups in total. The Labute approximate surface area is 176 Å². The molecule has 5 nitrogen and oxygen atoms in total. The number of benzene rings is 2. The molecule has 0 amide bonds. The van der Waals surface area contributed by atoms with Crippen LogP contribution in [-0.4, -0.2) is 45.4 Å². The minimum atomic E-state index is -0.577. The molecule has 2 atom stereocenters. The number of piperidine rings is 1. The highest BCUT2D eigenvalue weighted by molar-refractivity contribution is 5.86. The third-order valence-electron chi connectivity index (χ3n) is 6.41. The van der Waals surface area contributed by atoms with Crippen LogP contribution in [0.15, 0.2) is 54.9 Å². The molecule has 5 heteroatoms. The monoisotopic (exact) mass is 403 g/mol. The SMILES string of the molecule is Cc1ccc2c(C3CCN(C(Oc4cccc5[nH]ccc45)C(C)O)CC3)c[nH]c2c1. The van der Waals surface area contributed by atoms with Crippen LogP contribution in [0.4, 0.5) is 0 Å². The average Bonchev–Trinajstić information content (AvgIpc) is 3.39. The first-order valence-electron chi connectivity index (χ1n) is 10.8. The van der Waals surface area contributed by atoms with E-state index in [9.17, 15) is 5.11 Å². The van der Waals surface area contributed by atoms with Gasteiger partial charge in [0.15, 0.2) is 6.23 Å². The summed E-state index contributed by atoms with van der Waals surface area (Å²) in [6.45, 7) is 5.75. The Morgan fingerprint density at radius 3 is 2.67 bits per heavy atom. The summed E-state index contributed by atoms with van der Waals surface area (Å²) in [7, 11) is 0. The Hall–Kier alpha value is -2.76. The number of hydrogen-bond acceptors (Lipinski definition) is 3. The van der Waals surface area contributed by atoms with E-state index in [0.29, 0.717) is 5.92 Å². The zero-order chi connectivity index (χ0) is 20.7. The van der Waals surface area contributed by atoms with Crippen molar-refractivity contribution < 1.29 is 9.84 Å². The van der Waals surface area contributed by atoms with Crippen LogP contribution in [0.3, 0.4) is 0 Å². The highest BCUT2D eigenvalue weighted by Gasteiger charge is 2.31. The van der Waals surface area contributed by atoms with Crippen LogP contribution >= 0.6 is 0 Å². The van der Waals surface area contributed by atoms with Gasteiger partial charge in [-0.3, -0.25) is 4.90 Å². The number of nitrogens with zero attached hydrogens (tertiary/aromatic N) is 1. The van der Waals surface area contributed by atoms with Gasteiger partial charge in [-0.25, -0.2) is 0 Å². The van der Waals surface area contributed by atoms with Crippen molar-refractivity contribution in [1.82, 2.24) is 14.9 Å². The van der Waals surface area contributed by atoms with Crippen LogP contribution in [0.25, 0.3) is 21.8 Å². The second-order valence-corrected chi connectivity index (χ2v) is 8.55. The van der Waals surface area contributed by atoms with Crippen LogP contribution in [0.2, 0.25) is 0 Å². The molecule has 0 aliphatic carbocycles. The average molecular weight is 404 g/mol. The number of aliphatic hydroxyl groups excluding tert-OH is 1. The molecule has 4 aromatic rings. The van der Waals surface area contributed by atoms with Crippen LogP contribution < -0.4 is 4.74 Å². The predicted octanol–water partition coefficient (Wildman–Crippen LogP) is 4.92. The zero-order valence-corrected chi connectivity index (χ0v) is 17.6. The first-order valence-corrected chi connectivity index (χ1v) is 10.8. The molecule has 2 aromatic carbocycles. The lowest BCUT2D eigenvalue weighted by Crippen LogP contribution is -2.49. The number of ether oxygens (including phenoxy) is 1. The molecule has 1 aliphatic heterocycles. The smallest absolute Gasteiger partial charge is 0.178 e. The maximum absolute atomic E-state index is 10.5. The lowest BCUT2D eigenvalue weighted by molar-refractivity contribution is -0.0663. The van der Waals surface area contributed by atoms with E-state index in [0.717, 1.165) is 42.6 Å². The quantitative estimate of drug-likeness (QED) is 0.443. The van der Waals surface area contributed by atoms with Crippen LogP contribution in [-0.2, 0) is 0 Å². The van der Waals surface area contributed by atoms with Crippen molar-refractivity contribution in [3.63, 3.8) is 0 Å². The van der Waals surface area contributed by atoms with Crippen molar-refractivity contribution in [1.29, 1.82) is 0 Å². The third kappa shape index (κ3) is 3.48. The summed E-state index contributed by atoms with van der Waals surface area (Å²) in [6.07, 6.45) is 5.29. The maximum atomic E-state index is 10.5. The number of H-pyrrole nitrogens is 2. The van der Waals surface area contributed by atoms with E-state index >= 15 is 0 Å². The van der Waals surface area contributed by atoms with Crippen molar-refractivity contribution in [2.45, 2.75) is 44.9 Å². The Balaban J connectivity index is 1.32. The Morgan fingerprint density at radius 2 is 1.87 bits per heavy atom. The molecule has 0 radical (unpaired) electrons. The molecule has 30 heavy (non-hydrogen) atoms. The highest BCUT2D eigenvalue weighted by Crippen LogP contribution is 2.35. The highest BCUT2D eigenvalue weighted by atomic mass is 16.5. The van der Waals surface area contributed by atoms with E-state index in [1.54, 1.807) is 0 Å². The number of fused-ring (bicyclic) bond motifs is 2. The normalized spacial score (nSPS) is 18.1. The van der Waals surface area contributed by atoms with E-state index in [-0.39, 0.29) is 6.23 Å². The largest absolute Gasteiger partial charge is 0.472 e. The second-order valence-electron chi connectivity index (χ2n) is 8.55. The molecule has 2 unspecified atom stereocenters. The standard InChI is InChI=1S/C25H29N3O2/c1-16-6-7-19-21(15-27-23(19)14-16)18-9-12-28(13-10-18)25(17(2)29)30-24-5-3-4-22-20(24)8-11-26-22/h3-8,11,14-15,17-18,25-27,29H,9-10,12-13H2,1-2H3. The molecule has 2 aromatic heterocycles. The number of rotatable bonds is 5. The number of likely N-dealkylation sites (tertiary alicyclic amines) is 1. The van der Waals surface area contributed by atoms with Gasteiger partial charge in [0.1, 0.15) is 11.9 Å². The number of hydrogen-bond donors (Lipinski definition) is 3. The molecular formula is C25H29N3O2. The van der Waals surface area contributed by atoms with Crippen molar-refractivity contribution in [3.8, 4) is 5.75 Å². The first kappa shape index (κ1) is 19.2. The molecule has 0 saturated carbocycles. The van der Waals surface area contributed by atoms with Gasteiger partial charge in [-0.05, 0) is 68.0 Å². The fourth-order valence-electron chi connectivity index (χ4n) is 4.83. The molecule has 1 saturated heterocycles. The third-order valence-corrected chi connectivity index (χ3v) is 6.41. The molecule has 0 spiro atoms. The second kappa shape index (κ2) is 7.82. The Kier molecular flexibility index (Phi) is 5.01. The van der Waals surface area contributed by atoms with Gasteiger partial charge in [-0.2, -0.15) is 0 Å². The van der Waals surface area contributed by atoms with E-state index in [2.05, 4.69) is 46.2 Å². The van der Waals surface area contributed by atoms with E-state index in [1.807, 2.05) is 37.4 Å². The fraction of sp³-hybridized carbons (Fsp3) is 0.360. The summed E-state index contributed by atoms with van der Waals surface area (Å²) < 4.78 is 6.35. The Morgan fingerprint density at radius 1 is 1.03 bits per heavy atom. The summed E-state index contributed by atoms with van der Waals surface area (Å²) in [5.41, 5.74) is 4.96. The van der Waals surface area contributed by atoms with Gasteiger partial charge in [-0.1, -0.05) is 18.2 Å². The van der Waals surface area contributed by atoms with Crippen molar-refractivity contribution >= 4 is 21.8 Å². The van der Waals surface area contributed by atoms with Crippen molar-refractivity contribution in [2.24, 2.45) is 0 Å². The number of aliphatic hydroxyl groups is 1. The van der Waals surface area contributed by atoms with Crippen LogP contribution in [0.5, 0.6) is 5.75 Å². The lowest BCUT2D eigenvalue weighted by atomic mass is 9.89. The fourth-order valence-corrected chi connectivity index (χ4v) is 4.83. The summed E-state index contributed by atoms with van der Waals surface area (Å²) in [4.78, 5) is 8.95. The van der Waals surface area contributed by atoms with E-state index < -0.39 is 6.10 Å². The molecule has 5 rings (SSSR count). The molecular weight excluding hydrogens is 374 g/mol. The summed E-state index contributed by atoms with van der Waals surface area (Å²) in [6, 6.07) is 14.7. The number of aromatic amines is 2. The van der Waals surface area contributed by atoms with Gasteiger partial charge in [0.2, 0.25) is 0 Å². The van der Waals surface area contributed by atoms with Crippen LogP contribution in [0.1, 0.15) is 36.8 Å². The lowest BCUT2D eigenvalue weighted by Gasteiger charge is -2.38. The Bertz CT molecular complexity index is 1150. The van der Waals surface area contributed by atoms with E-state index in [4.69, 9.17) is 4.74 Å². The number of nitrogens with one attached hydrogen (secondary N) is 2. The van der Waals surface area contributed by atoms with Gasteiger partial charge >= 0.3 is 0 Å².